The quantitative estimate of drug-likeness (QED) is 0.910. The molecule has 1 aliphatic carbocycles. The normalized spacial score (nSPS) is 16.4. The molecule has 0 atom stereocenters. The minimum absolute atomic E-state index is 0.151. The van der Waals surface area contributed by atoms with Gasteiger partial charge in [0.2, 0.25) is 11.8 Å². The number of hydrogen-bond acceptors (Lipinski definition) is 5. The molecule has 0 aliphatic heterocycles. The van der Waals surface area contributed by atoms with E-state index in [1.807, 2.05) is 0 Å². The highest BCUT2D eigenvalue weighted by Gasteiger charge is 2.38. The standard InChI is InChI=1S/C15H16N2O4/c1-20-15(7-4-8-15)9-12-16-17-13(21-12)10-5-2-3-6-11(10)14(18)19/h2-3,5-6H,4,7-9H2,1H3,(H,18,19). The molecule has 3 rings (SSSR count). The summed E-state index contributed by atoms with van der Waals surface area (Å²) >= 11 is 0. The number of carboxylic acids is 1. The van der Waals surface area contributed by atoms with Crippen LogP contribution in [0.25, 0.3) is 11.5 Å². The van der Waals surface area contributed by atoms with Crippen molar-refractivity contribution in [3.8, 4) is 11.5 Å². The molecule has 0 saturated heterocycles. The number of carboxylic acid groups (broad SMARTS) is 1. The zero-order chi connectivity index (χ0) is 14.9. The van der Waals surface area contributed by atoms with Crippen LogP contribution in [0.5, 0.6) is 0 Å². The second kappa shape index (κ2) is 5.29. The number of methoxy groups -OCH3 is 1. The Morgan fingerprint density at radius 2 is 2.14 bits per heavy atom. The summed E-state index contributed by atoms with van der Waals surface area (Å²) in [5.41, 5.74) is 0.387. The average Bonchev–Trinajstić information content (AvgIpc) is 2.91. The average molecular weight is 288 g/mol. The zero-order valence-corrected chi connectivity index (χ0v) is 11.7. The maximum Gasteiger partial charge on any atom is 0.336 e. The Balaban J connectivity index is 1.87. The lowest BCUT2D eigenvalue weighted by molar-refractivity contribution is -0.0745. The lowest BCUT2D eigenvalue weighted by Gasteiger charge is -2.39. The predicted octanol–water partition coefficient (Wildman–Crippen LogP) is 2.55. The molecule has 0 spiro atoms. The van der Waals surface area contributed by atoms with E-state index in [0.717, 1.165) is 19.3 Å². The van der Waals surface area contributed by atoms with Crippen molar-refractivity contribution in [1.82, 2.24) is 10.2 Å². The molecule has 1 aromatic heterocycles. The molecule has 1 saturated carbocycles. The minimum Gasteiger partial charge on any atom is -0.478 e. The third-order valence-electron chi connectivity index (χ3n) is 4.03. The molecular formula is C15H16N2O4. The maximum absolute atomic E-state index is 11.2. The van der Waals surface area contributed by atoms with Crippen LogP contribution in [0, 0.1) is 0 Å². The summed E-state index contributed by atoms with van der Waals surface area (Å²) in [6.45, 7) is 0. The van der Waals surface area contributed by atoms with Crippen LogP contribution in [0.4, 0.5) is 0 Å². The van der Waals surface area contributed by atoms with Crippen molar-refractivity contribution < 1.29 is 19.1 Å². The van der Waals surface area contributed by atoms with Gasteiger partial charge in [-0.3, -0.25) is 0 Å². The molecule has 0 unspecified atom stereocenters. The molecule has 0 amide bonds. The Labute approximate surface area is 121 Å². The minimum atomic E-state index is -1.02. The fourth-order valence-corrected chi connectivity index (χ4v) is 2.59. The van der Waals surface area contributed by atoms with Crippen molar-refractivity contribution in [3.05, 3.63) is 35.7 Å². The number of ether oxygens (including phenoxy) is 1. The van der Waals surface area contributed by atoms with E-state index in [-0.39, 0.29) is 17.1 Å². The van der Waals surface area contributed by atoms with E-state index < -0.39 is 5.97 Å². The van der Waals surface area contributed by atoms with Crippen LogP contribution >= 0.6 is 0 Å². The van der Waals surface area contributed by atoms with Gasteiger partial charge in [-0.25, -0.2) is 4.79 Å². The largest absolute Gasteiger partial charge is 0.478 e. The monoisotopic (exact) mass is 288 g/mol. The molecule has 0 bridgehead atoms. The second-order valence-electron chi connectivity index (χ2n) is 5.27. The van der Waals surface area contributed by atoms with E-state index in [1.165, 1.54) is 6.07 Å². The highest BCUT2D eigenvalue weighted by molar-refractivity contribution is 5.94. The van der Waals surface area contributed by atoms with E-state index in [4.69, 9.17) is 9.15 Å². The van der Waals surface area contributed by atoms with Gasteiger partial charge in [0.05, 0.1) is 23.1 Å². The number of rotatable bonds is 5. The number of hydrogen-bond donors (Lipinski definition) is 1. The van der Waals surface area contributed by atoms with Crippen LogP contribution in [0.15, 0.2) is 28.7 Å². The van der Waals surface area contributed by atoms with Gasteiger partial charge in [-0.2, -0.15) is 0 Å². The highest BCUT2D eigenvalue weighted by Crippen LogP contribution is 2.38. The summed E-state index contributed by atoms with van der Waals surface area (Å²) in [6.07, 6.45) is 3.66. The Bertz CT molecular complexity index is 656. The molecular weight excluding hydrogens is 272 g/mol. The van der Waals surface area contributed by atoms with E-state index >= 15 is 0 Å². The van der Waals surface area contributed by atoms with Gasteiger partial charge >= 0.3 is 5.97 Å². The maximum atomic E-state index is 11.2. The van der Waals surface area contributed by atoms with Crippen molar-refractivity contribution in [2.75, 3.05) is 7.11 Å². The van der Waals surface area contributed by atoms with E-state index in [1.54, 1.807) is 25.3 Å². The van der Waals surface area contributed by atoms with Crippen LogP contribution in [-0.2, 0) is 11.2 Å². The number of benzene rings is 1. The molecule has 6 heteroatoms. The van der Waals surface area contributed by atoms with Crippen LogP contribution in [0.3, 0.4) is 0 Å². The summed E-state index contributed by atoms with van der Waals surface area (Å²) in [7, 11) is 1.69. The van der Waals surface area contributed by atoms with Gasteiger partial charge < -0.3 is 14.3 Å². The van der Waals surface area contributed by atoms with Gasteiger partial charge in [0.1, 0.15) is 0 Å². The van der Waals surface area contributed by atoms with Crippen molar-refractivity contribution in [3.63, 3.8) is 0 Å². The Morgan fingerprint density at radius 1 is 1.38 bits per heavy atom. The van der Waals surface area contributed by atoms with Crippen molar-refractivity contribution in [2.45, 2.75) is 31.3 Å². The molecule has 1 aromatic carbocycles. The molecule has 1 fully saturated rings. The van der Waals surface area contributed by atoms with Gasteiger partial charge in [0.15, 0.2) is 0 Å². The number of aromatic nitrogens is 2. The third kappa shape index (κ3) is 2.54. The summed E-state index contributed by atoms with van der Waals surface area (Å²) in [6, 6.07) is 6.59. The molecule has 6 nitrogen and oxygen atoms in total. The van der Waals surface area contributed by atoms with Gasteiger partial charge in [-0.1, -0.05) is 12.1 Å². The first kappa shape index (κ1) is 13.8. The number of nitrogens with zero attached hydrogens (tertiary/aromatic N) is 2. The van der Waals surface area contributed by atoms with Gasteiger partial charge in [0, 0.05) is 7.11 Å². The Morgan fingerprint density at radius 3 is 2.76 bits per heavy atom. The molecule has 1 aliphatic rings. The summed E-state index contributed by atoms with van der Waals surface area (Å²) in [4.78, 5) is 11.2. The lowest BCUT2D eigenvalue weighted by atomic mass is 9.77. The van der Waals surface area contributed by atoms with E-state index in [9.17, 15) is 9.90 Å². The van der Waals surface area contributed by atoms with Crippen LogP contribution in [0.1, 0.15) is 35.5 Å². The number of carbonyl (C=O) groups is 1. The van der Waals surface area contributed by atoms with Gasteiger partial charge in [-0.15, -0.1) is 10.2 Å². The van der Waals surface area contributed by atoms with Crippen molar-refractivity contribution in [1.29, 1.82) is 0 Å². The lowest BCUT2D eigenvalue weighted by Crippen LogP contribution is -2.41. The van der Waals surface area contributed by atoms with Gasteiger partial charge in [0.25, 0.3) is 0 Å². The van der Waals surface area contributed by atoms with Crippen LogP contribution in [0.2, 0.25) is 0 Å². The van der Waals surface area contributed by atoms with Crippen LogP contribution in [-0.4, -0.2) is 34.0 Å². The van der Waals surface area contributed by atoms with Crippen molar-refractivity contribution in [2.24, 2.45) is 0 Å². The molecule has 110 valence electrons. The molecule has 21 heavy (non-hydrogen) atoms. The topological polar surface area (TPSA) is 85.5 Å². The smallest absolute Gasteiger partial charge is 0.336 e. The summed E-state index contributed by atoms with van der Waals surface area (Å²) in [5, 5.41) is 17.2. The first-order chi connectivity index (χ1) is 10.1. The predicted molar refractivity (Wildman–Crippen MR) is 74.0 cm³/mol. The number of aromatic carboxylic acids is 1. The Kier molecular flexibility index (Phi) is 3.47. The Hall–Kier alpha value is -2.21. The SMILES string of the molecule is COC1(Cc2nnc(-c3ccccc3C(=O)O)o2)CCC1. The fourth-order valence-electron chi connectivity index (χ4n) is 2.59. The summed E-state index contributed by atoms with van der Waals surface area (Å²) < 4.78 is 11.2. The van der Waals surface area contributed by atoms with E-state index in [2.05, 4.69) is 10.2 Å². The summed E-state index contributed by atoms with van der Waals surface area (Å²) in [5.74, 6) is -0.307. The van der Waals surface area contributed by atoms with E-state index in [0.29, 0.717) is 17.9 Å². The molecule has 1 N–H and O–H groups in total. The van der Waals surface area contributed by atoms with Crippen molar-refractivity contribution >= 4 is 5.97 Å². The molecule has 1 heterocycles. The first-order valence-electron chi connectivity index (χ1n) is 6.84. The zero-order valence-electron chi connectivity index (χ0n) is 11.7. The third-order valence-corrected chi connectivity index (χ3v) is 4.03. The highest BCUT2D eigenvalue weighted by atomic mass is 16.5. The first-order valence-corrected chi connectivity index (χ1v) is 6.84. The van der Waals surface area contributed by atoms with Gasteiger partial charge in [-0.05, 0) is 31.4 Å². The second-order valence-corrected chi connectivity index (χ2v) is 5.27. The molecule has 0 radical (unpaired) electrons. The fraction of sp³-hybridized carbons (Fsp3) is 0.400. The van der Waals surface area contributed by atoms with Crippen LogP contribution < -0.4 is 0 Å². The molecule has 2 aromatic rings.